The number of rotatable bonds is 6. The van der Waals surface area contributed by atoms with Gasteiger partial charge in [0.1, 0.15) is 6.10 Å². The average molecular weight is 349 g/mol. The monoisotopic (exact) mass is 348 g/mol. The summed E-state index contributed by atoms with van der Waals surface area (Å²) in [6.07, 6.45) is 16.9. The van der Waals surface area contributed by atoms with Crippen LogP contribution in [0.2, 0.25) is 0 Å². The highest BCUT2D eigenvalue weighted by molar-refractivity contribution is 5.69. The lowest BCUT2D eigenvalue weighted by atomic mass is 9.83. The maximum absolute atomic E-state index is 12.0. The van der Waals surface area contributed by atoms with Crippen LogP contribution in [0.3, 0.4) is 0 Å². The molecule has 0 bridgehead atoms. The SMILES string of the molecule is CCCCCC(C)(C)/C=C/[C@@H]1[C@H]2C/C=C\CCCC(=O)O[C@H]2C[C@H]1O. The Morgan fingerprint density at radius 2 is 2.12 bits per heavy atom. The number of carbonyl (C=O) groups is 1. The van der Waals surface area contributed by atoms with Crippen LogP contribution in [0, 0.1) is 17.3 Å². The fraction of sp³-hybridized carbons (Fsp3) is 0.773. The van der Waals surface area contributed by atoms with Gasteiger partial charge in [-0.25, -0.2) is 0 Å². The Balaban J connectivity index is 2.06. The van der Waals surface area contributed by atoms with Crippen molar-refractivity contribution in [2.45, 2.75) is 90.8 Å². The zero-order valence-corrected chi connectivity index (χ0v) is 16.2. The van der Waals surface area contributed by atoms with Crippen molar-refractivity contribution in [3.05, 3.63) is 24.3 Å². The number of ether oxygens (including phenoxy) is 1. The lowest BCUT2D eigenvalue weighted by Gasteiger charge is -2.25. The predicted octanol–water partition coefficient (Wildman–Crippen LogP) is 5.19. The molecule has 25 heavy (non-hydrogen) atoms. The van der Waals surface area contributed by atoms with E-state index < -0.39 is 6.10 Å². The molecule has 3 heteroatoms. The molecule has 0 unspecified atom stereocenters. The summed E-state index contributed by atoms with van der Waals surface area (Å²) >= 11 is 0. The van der Waals surface area contributed by atoms with Gasteiger partial charge in [0.25, 0.3) is 0 Å². The minimum Gasteiger partial charge on any atom is -0.462 e. The first-order valence-corrected chi connectivity index (χ1v) is 10.1. The molecule has 4 atom stereocenters. The molecule has 1 fully saturated rings. The van der Waals surface area contributed by atoms with Gasteiger partial charge < -0.3 is 9.84 Å². The Morgan fingerprint density at radius 1 is 1.32 bits per heavy atom. The molecular weight excluding hydrogens is 312 g/mol. The molecular formula is C22H36O3. The van der Waals surface area contributed by atoms with E-state index in [1.807, 2.05) is 0 Å². The van der Waals surface area contributed by atoms with Gasteiger partial charge in [-0.1, -0.05) is 64.3 Å². The Hall–Kier alpha value is -1.09. The van der Waals surface area contributed by atoms with Gasteiger partial charge in [0, 0.05) is 24.7 Å². The first-order valence-electron chi connectivity index (χ1n) is 10.1. The number of unbranched alkanes of at least 4 members (excludes halogenated alkanes) is 2. The summed E-state index contributed by atoms with van der Waals surface area (Å²) < 4.78 is 5.70. The molecule has 0 aromatic carbocycles. The van der Waals surface area contributed by atoms with Crippen LogP contribution in [-0.2, 0) is 9.53 Å². The second kappa shape index (κ2) is 9.56. The first-order chi connectivity index (χ1) is 11.9. The van der Waals surface area contributed by atoms with Crippen molar-refractivity contribution in [1.82, 2.24) is 0 Å². The third-order valence-corrected chi connectivity index (χ3v) is 5.69. The van der Waals surface area contributed by atoms with Gasteiger partial charge in [-0.05, 0) is 31.1 Å². The second-order valence-corrected chi connectivity index (χ2v) is 8.48. The van der Waals surface area contributed by atoms with Gasteiger partial charge in [0.05, 0.1) is 6.10 Å². The van der Waals surface area contributed by atoms with Crippen molar-refractivity contribution in [2.75, 3.05) is 0 Å². The number of esters is 1. The van der Waals surface area contributed by atoms with E-state index in [0.717, 1.165) is 19.3 Å². The molecule has 0 aromatic rings. The standard InChI is InChI=1S/C22H36O3/c1-4-5-10-14-22(2,3)15-13-17-18-11-8-6-7-9-12-21(24)25-20(18)16-19(17)23/h6,8,13,15,17-20,23H,4-5,7,9-12,14,16H2,1-3H3/b8-6-,15-13+/t17-,18-,19-,20+/m1/s1. The normalized spacial score (nSPS) is 32.4. The smallest absolute Gasteiger partial charge is 0.306 e. The number of aliphatic hydroxyl groups excluding tert-OH is 1. The Morgan fingerprint density at radius 3 is 2.88 bits per heavy atom. The van der Waals surface area contributed by atoms with Crippen LogP contribution in [0.1, 0.15) is 78.6 Å². The third-order valence-electron chi connectivity index (χ3n) is 5.69. The van der Waals surface area contributed by atoms with Crippen LogP contribution in [0.15, 0.2) is 24.3 Å². The molecule has 142 valence electrons. The van der Waals surface area contributed by atoms with Crippen LogP contribution in [-0.4, -0.2) is 23.3 Å². The van der Waals surface area contributed by atoms with Gasteiger partial charge in [0.2, 0.25) is 0 Å². The van der Waals surface area contributed by atoms with Gasteiger partial charge in [-0.15, -0.1) is 0 Å². The molecule has 1 aliphatic carbocycles. The van der Waals surface area contributed by atoms with Crippen LogP contribution in [0.4, 0.5) is 0 Å². The summed E-state index contributed by atoms with van der Waals surface area (Å²) in [4.78, 5) is 12.0. The molecule has 2 rings (SSSR count). The summed E-state index contributed by atoms with van der Waals surface area (Å²) in [7, 11) is 0. The van der Waals surface area contributed by atoms with Crippen LogP contribution in [0.5, 0.6) is 0 Å². The average Bonchev–Trinajstić information content (AvgIpc) is 2.84. The van der Waals surface area contributed by atoms with Crippen molar-refractivity contribution in [3.63, 3.8) is 0 Å². The summed E-state index contributed by atoms with van der Waals surface area (Å²) in [5.41, 5.74) is 0.148. The molecule has 1 N–H and O–H groups in total. The Labute approximate surface area is 153 Å². The molecule has 1 heterocycles. The lowest BCUT2D eigenvalue weighted by Crippen LogP contribution is -2.25. The van der Waals surface area contributed by atoms with Gasteiger partial charge in [-0.2, -0.15) is 0 Å². The predicted molar refractivity (Wildman–Crippen MR) is 102 cm³/mol. The van der Waals surface area contributed by atoms with E-state index in [9.17, 15) is 9.90 Å². The van der Waals surface area contributed by atoms with E-state index in [1.165, 1.54) is 25.7 Å². The zero-order chi connectivity index (χ0) is 18.3. The van der Waals surface area contributed by atoms with E-state index in [2.05, 4.69) is 45.1 Å². The highest BCUT2D eigenvalue weighted by Gasteiger charge is 2.42. The lowest BCUT2D eigenvalue weighted by molar-refractivity contribution is -0.151. The van der Waals surface area contributed by atoms with Gasteiger partial charge in [-0.3, -0.25) is 4.79 Å². The molecule has 0 spiro atoms. The van der Waals surface area contributed by atoms with E-state index in [-0.39, 0.29) is 29.3 Å². The van der Waals surface area contributed by atoms with Crippen LogP contribution >= 0.6 is 0 Å². The Kier molecular flexibility index (Phi) is 7.74. The molecule has 1 saturated carbocycles. The van der Waals surface area contributed by atoms with Crippen LogP contribution < -0.4 is 0 Å². The quantitative estimate of drug-likeness (QED) is 0.408. The number of hydrogen-bond donors (Lipinski definition) is 1. The fourth-order valence-corrected chi connectivity index (χ4v) is 4.07. The number of carbonyl (C=O) groups excluding carboxylic acids is 1. The van der Waals surface area contributed by atoms with Gasteiger partial charge in [0.15, 0.2) is 0 Å². The third kappa shape index (κ3) is 6.29. The van der Waals surface area contributed by atoms with E-state index in [4.69, 9.17) is 4.74 Å². The summed E-state index contributed by atoms with van der Waals surface area (Å²) in [5.74, 6) is 0.158. The van der Waals surface area contributed by atoms with Crippen molar-refractivity contribution < 1.29 is 14.6 Å². The van der Waals surface area contributed by atoms with Gasteiger partial charge >= 0.3 is 5.97 Å². The minimum absolute atomic E-state index is 0.0762. The molecule has 0 aromatic heterocycles. The number of allylic oxidation sites excluding steroid dienone is 3. The highest BCUT2D eigenvalue weighted by atomic mass is 16.5. The number of aliphatic hydroxyl groups is 1. The molecule has 1 aliphatic heterocycles. The number of fused-ring (bicyclic) bond motifs is 1. The van der Waals surface area contributed by atoms with Crippen molar-refractivity contribution in [3.8, 4) is 0 Å². The fourth-order valence-electron chi connectivity index (χ4n) is 4.07. The highest BCUT2D eigenvalue weighted by Crippen LogP contribution is 2.40. The van der Waals surface area contributed by atoms with Crippen molar-refractivity contribution >= 4 is 5.97 Å². The molecule has 3 nitrogen and oxygen atoms in total. The summed E-state index contributed by atoms with van der Waals surface area (Å²) in [6, 6.07) is 0. The maximum Gasteiger partial charge on any atom is 0.306 e. The molecule has 0 radical (unpaired) electrons. The summed E-state index contributed by atoms with van der Waals surface area (Å²) in [5, 5.41) is 10.6. The first kappa shape index (κ1) is 20.2. The number of hydrogen-bond acceptors (Lipinski definition) is 3. The zero-order valence-electron chi connectivity index (χ0n) is 16.2. The van der Waals surface area contributed by atoms with E-state index >= 15 is 0 Å². The van der Waals surface area contributed by atoms with Crippen molar-refractivity contribution in [1.29, 1.82) is 0 Å². The van der Waals surface area contributed by atoms with Crippen LogP contribution in [0.25, 0.3) is 0 Å². The minimum atomic E-state index is -0.417. The topological polar surface area (TPSA) is 46.5 Å². The summed E-state index contributed by atoms with van der Waals surface area (Å²) in [6.45, 7) is 6.77. The van der Waals surface area contributed by atoms with Crippen molar-refractivity contribution in [2.24, 2.45) is 17.3 Å². The molecule has 2 aliphatic rings. The van der Waals surface area contributed by atoms with E-state index in [0.29, 0.717) is 12.8 Å². The second-order valence-electron chi connectivity index (χ2n) is 8.48. The largest absolute Gasteiger partial charge is 0.462 e. The van der Waals surface area contributed by atoms with E-state index in [1.54, 1.807) is 0 Å². The Bertz CT molecular complexity index is 478. The maximum atomic E-state index is 12.0. The molecule has 0 saturated heterocycles. The molecule has 0 amide bonds.